The topological polar surface area (TPSA) is 158 Å². The molecule has 0 amide bonds. The number of nitrogens with two attached hydrogens (primary N) is 1. The first kappa shape index (κ1) is 15.8. The minimum absolute atomic E-state index is 0.189. The fourth-order valence-electron chi connectivity index (χ4n) is 2.49. The minimum atomic E-state index is -1.46. The lowest BCUT2D eigenvalue weighted by Crippen LogP contribution is -2.55. The molecule has 0 saturated carbocycles. The first-order chi connectivity index (χ1) is 11.0. The molecule has 9 heteroatoms. The molecule has 2 aromatic rings. The molecule has 23 heavy (non-hydrogen) atoms. The molecule has 1 aliphatic heterocycles. The maximum Gasteiger partial charge on any atom is 0.181 e. The summed E-state index contributed by atoms with van der Waals surface area (Å²) in [5.41, 5.74) is 6.95. The van der Waals surface area contributed by atoms with Crippen molar-refractivity contribution >= 4 is 5.69 Å². The van der Waals surface area contributed by atoms with Gasteiger partial charge >= 0.3 is 0 Å². The molecule has 0 aliphatic carbocycles. The number of nitrogens with zero attached hydrogens (tertiary/aromatic N) is 2. The third-order valence-corrected chi connectivity index (χ3v) is 3.83. The molecule has 1 aromatic heterocycles. The number of hydrogen-bond donors (Lipinski definition) is 6. The smallest absolute Gasteiger partial charge is 0.181 e. The zero-order valence-electron chi connectivity index (χ0n) is 12.1. The number of aliphatic hydroxyl groups is 4. The molecule has 0 radical (unpaired) electrons. The van der Waals surface area contributed by atoms with Gasteiger partial charge in [0.2, 0.25) is 0 Å². The van der Waals surface area contributed by atoms with E-state index in [0.717, 1.165) is 0 Å². The van der Waals surface area contributed by atoms with Crippen molar-refractivity contribution in [2.75, 3.05) is 12.3 Å². The van der Waals surface area contributed by atoms with Gasteiger partial charge in [-0.2, -0.15) is 5.10 Å². The lowest BCUT2D eigenvalue weighted by atomic mass is 9.95. The maximum atomic E-state index is 10.1. The summed E-state index contributed by atoms with van der Waals surface area (Å²) in [4.78, 5) is 4.25. The first-order valence-electron chi connectivity index (χ1n) is 7.10. The SMILES string of the molecule is Nc1ccc(-c2n[nH]c([C@@H]3OC(CO)[C@@H](O)C(O)C3O)n2)cc1. The van der Waals surface area contributed by atoms with Gasteiger partial charge in [0.15, 0.2) is 11.6 Å². The molecule has 3 rings (SSSR count). The van der Waals surface area contributed by atoms with Gasteiger partial charge in [-0.1, -0.05) is 0 Å². The van der Waals surface area contributed by atoms with E-state index in [9.17, 15) is 20.4 Å². The highest BCUT2D eigenvalue weighted by molar-refractivity contribution is 5.58. The van der Waals surface area contributed by atoms with Gasteiger partial charge in [0.05, 0.1) is 6.61 Å². The van der Waals surface area contributed by atoms with E-state index in [2.05, 4.69) is 15.2 Å². The summed E-state index contributed by atoms with van der Waals surface area (Å²) >= 11 is 0. The molecule has 0 bridgehead atoms. The molecular formula is C14H18N4O5. The van der Waals surface area contributed by atoms with Crippen molar-refractivity contribution in [3.63, 3.8) is 0 Å². The van der Waals surface area contributed by atoms with E-state index in [1.54, 1.807) is 24.3 Å². The van der Waals surface area contributed by atoms with Gasteiger partial charge in [-0.25, -0.2) is 4.98 Å². The molecule has 1 aliphatic rings. The number of hydrogen-bond acceptors (Lipinski definition) is 8. The summed E-state index contributed by atoms with van der Waals surface area (Å²) < 4.78 is 5.42. The number of benzene rings is 1. The van der Waals surface area contributed by atoms with Crippen LogP contribution in [0.15, 0.2) is 24.3 Å². The Balaban J connectivity index is 1.85. The molecule has 124 valence electrons. The van der Waals surface area contributed by atoms with Crippen molar-refractivity contribution in [3.8, 4) is 11.4 Å². The highest BCUT2D eigenvalue weighted by Gasteiger charge is 2.45. The van der Waals surface area contributed by atoms with Crippen molar-refractivity contribution in [3.05, 3.63) is 30.1 Å². The number of anilines is 1. The maximum absolute atomic E-state index is 10.1. The molecular weight excluding hydrogens is 304 g/mol. The molecule has 9 nitrogen and oxygen atoms in total. The van der Waals surface area contributed by atoms with Crippen molar-refractivity contribution in [2.24, 2.45) is 0 Å². The molecule has 1 aromatic carbocycles. The molecule has 1 saturated heterocycles. The quantitative estimate of drug-likeness (QED) is 0.375. The number of aromatic nitrogens is 3. The fraction of sp³-hybridized carbons (Fsp3) is 0.429. The lowest BCUT2D eigenvalue weighted by molar-refractivity contribution is -0.233. The number of H-pyrrole nitrogens is 1. The summed E-state index contributed by atoms with van der Waals surface area (Å²) in [5, 5.41) is 45.6. The average Bonchev–Trinajstić information content (AvgIpc) is 3.03. The van der Waals surface area contributed by atoms with E-state index < -0.39 is 37.1 Å². The van der Waals surface area contributed by atoms with Crippen LogP contribution >= 0.6 is 0 Å². The van der Waals surface area contributed by atoms with Crippen LogP contribution in [0.25, 0.3) is 11.4 Å². The number of nitrogens with one attached hydrogen (secondary N) is 1. The standard InChI is InChI=1S/C14H18N4O5/c15-7-3-1-6(2-4-7)13-16-14(18-17-13)12-11(22)10(21)9(20)8(5-19)23-12/h1-4,8-12,19-22H,5,15H2,(H,16,17,18)/t8?,9-,10?,11?,12-/m1/s1. The molecule has 2 heterocycles. The van der Waals surface area contributed by atoms with Crippen molar-refractivity contribution in [1.82, 2.24) is 15.2 Å². The highest BCUT2D eigenvalue weighted by atomic mass is 16.5. The van der Waals surface area contributed by atoms with E-state index in [0.29, 0.717) is 17.1 Å². The van der Waals surface area contributed by atoms with Crippen molar-refractivity contribution in [1.29, 1.82) is 0 Å². The Morgan fingerprint density at radius 2 is 1.78 bits per heavy atom. The molecule has 3 unspecified atom stereocenters. The van der Waals surface area contributed by atoms with E-state index >= 15 is 0 Å². The van der Waals surface area contributed by atoms with Gasteiger partial charge in [0, 0.05) is 11.3 Å². The predicted molar refractivity (Wildman–Crippen MR) is 79.0 cm³/mol. The monoisotopic (exact) mass is 322 g/mol. The number of ether oxygens (including phenoxy) is 1. The van der Waals surface area contributed by atoms with Crippen molar-refractivity contribution in [2.45, 2.75) is 30.5 Å². The second-order valence-electron chi connectivity index (χ2n) is 5.42. The van der Waals surface area contributed by atoms with Gasteiger partial charge in [-0.05, 0) is 24.3 Å². The minimum Gasteiger partial charge on any atom is -0.399 e. The van der Waals surface area contributed by atoms with Crippen LogP contribution in [0.2, 0.25) is 0 Å². The molecule has 0 spiro atoms. The highest BCUT2D eigenvalue weighted by Crippen LogP contribution is 2.31. The summed E-state index contributed by atoms with van der Waals surface area (Å²) in [7, 11) is 0. The van der Waals surface area contributed by atoms with E-state index in [1.165, 1.54) is 0 Å². The lowest BCUT2D eigenvalue weighted by Gasteiger charge is -2.38. The fourth-order valence-corrected chi connectivity index (χ4v) is 2.49. The summed E-state index contributed by atoms with van der Waals surface area (Å²) in [6, 6.07) is 6.91. The van der Waals surface area contributed by atoms with Crippen LogP contribution in [0.5, 0.6) is 0 Å². The average molecular weight is 322 g/mol. The number of aromatic amines is 1. The Morgan fingerprint density at radius 1 is 1.09 bits per heavy atom. The van der Waals surface area contributed by atoms with Crippen LogP contribution in [-0.2, 0) is 4.74 Å². The Labute approximate surface area is 131 Å². The summed E-state index contributed by atoms with van der Waals surface area (Å²) in [6.07, 6.45) is -6.31. The van der Waals surface area contributed by atoms with Gasteiger partial charge in [0.1, 0.15) is 30.5 Å². The van der Waals surface area contributed by atoms with Crippen LogP contribution in [0, 0.1) is 0 Å². The van der Waals surface area contributed by atoms with E-state index in [-0.39, 0.29) is 5.82 Å². The van der Waals surface area contributed by atoms with Crippen molar-refractivity contribution < 1.29 is 25.2 Å². The zero-order chi connectivity index (χ0) is 16.6. The van der Waals surface area contributed by atoms with E-state index in [4.69, 9.17) is 10.5 Å². The van der Waals surface area contributed by atoms with Gasteiger partial charge in [0.25, 0.3) is 0 Å². The Kier molecular flexibility index (Phi) is 4.28. The summed E-state index contributed by atoms with van der Waals surface area (Å²) in [6.45, 7) is -0.500. The Morgan fingerprint density at radius 3 is 2.43 bits per heavy atom. The first-order valence-corrected chi connectivity index (χ1v) is 7.10. The normalized spacial score (nSPS) is 31.2. The molecule has 5 atom stereocenters. The number of nitrogen functional groups attached to an aromatic ring is 1. The number of aliphatic hydroxyl groups excluding tert-OH is 4. The Bertz CT molecular complexity index is 659. The van der Waals surface area contributed by atoms with Gasteiger partial charge in [-0.15, -0.1) is 0 Å². The Hall–Kier alpha value is -2.04. The van der Waals surface area contributed by atoms with Crippen LogP contribution < -0.4 is 5.73 Å². The van der Waals surface area contributed by atoms with Gasteiger partial charge < -0.3 is 30.9 Å². The third-order valence-electron chi connectivity index (χ3n) is 3.83. The number of rotatable bonds is 3. The second kappa shape index (κ2) is 6.22. The van der Waals surface area contributed by atoms with E-state index in [1.807, 2.05) is 0 Å². The molecule has 1 fully saturated rings. The third kappa shape index (κ3) is 2.92. The van der Waals surface area contributed by atoms with Crippen LogP contribution in [0.3, 0.4) is 0 Å². The zero-order valence-corrected chi connectivity index (χ0v) is 12.1. The predicted octanol–water partition coefficient (Wildman–Crippen LogP) is -1.43. The van der Waals surface area contributed by atoms with Crippen LogP contribution in [0.1, 0.15) is 11.9 Å². The van der Waals surface area contributed by atoms with Crippen LogP contribution in [0.4, 0.5) is 5.69 Å². The second-order valence-corrected chi connectivity index (χ2v) is 5.42. The van der Waals surface area contributed by atoms with Crippen LogP contribution in [-0.4, -0.2) is 66.6 Å². The molecule has 7 N–H and O–H groups in total. The summed E-state index contributed by atoms with van der Waals surface area (Å²) in [5.74, 6) is 0.561. The largest absolute Gasteiger partial charge is 0.399 e. The van der Waals surface area contributed by atoms with Gasteiger partial charge in [-0.3, -0.25) is 5.10 Å².